The summed E-state index contributed by atoms with van der Waals surface area (Å²) in [5.74, 6) is 1.24. The van der Waals surface area contributed by atoms with E-state index in [1.165, 1.54) is 0 Å². The van der Waals surface area contributed by atoms with Crippen molar-refractivity contribution in [3.8, 4) is 11.5 Å². The quantitative estimate of drug-likeness (QED) is 0.255. The number of fused-ring (bicyclic) bond motifs is 2. The molecule has 0 radical (unpaired) electrons. The molecule has 1 aliphatic heterocycles. The number of nitrogens with one attached hydrogen (secondary N) is 1. The molecule has 10 heteroatoms. The Hall–Kier alpha value is -3.63. The van der Waals surface area contributed by atoms with Gasteiger partial charge in [0.05, 0.1) is 29.4 Å². The summed E-state index contributed by atoms with van der Waals surface area (Å²) in [4.78, 5) is 28.4. The monoisotopic (exact) mass is 587 g/mol. The zero-order valence-corrected chi connectivity index (χ0v) is 26.8. The summed E-state index contributed by atoms with van der Waals surface area (Å²) >= 11 is 0. The van der Waals surface area contributed by atoms with Gasteiger partial charge in [0, 0.05) is 35.9 Å². The molecule has 2 fully saturated rings. The molecule has 1 saturated heterocycles. The standard InChI is InChI=1S/C32H41N5O4Si/c1-19-15-22-16-24(11-12-26(22)37(19)31(39)34-23-9-10-23)40-27-13-14-33-36-17-25(20(2)29(27)36)30(38)35-18-28(21(35)3)41-42(7,8)32(4,5)6/h11-17,21,23,28H,9-10,18H2,1-8H3,(H,34,39)/t21-,28-/m1/s1. The molecule has 2 atom stereocenters. The molecular formula is C32H41N5O4Si. The van der Waals surface area contributed by atoms with Crippen LogP contribution in [0.2, 0.25) is 18.1 Å². The van der Waals surface area contributed by atoms with Crippen molar-refractivity contribution >= 4 is 36.7 Å². The Labute approximate surface area is 247 Å². The molecule has 1 saturated carbocycles. The molecule has 42 heavy (non-hydrogen) atoms. The summed E-state index contributed by atoms with van der Waals surface area (Å²) in [6.07, 6.45) is 5.60. The molecule has 222 valence electrons. The Morgan fingerprint density at radius 2 is 1.83 bits per heavy atom. The van der Waals surface area contributed by atoms with E-state index in [1.807, 2.05) is 49.1 Å². The maximum Gasteiger partial charge on any atom is 0.326 e. The molecule has 2 aliphatic rings. The average Bonchev–Trinajstić information content (AvgIpc) is 3.57. The van der Waals surface area contributed by atoms with Gasteiger partial charge in [0.15, 0.2) is 14.1 Å². The Kier molecular flexibility index (Phi) is 6.77. The van der Waals surface area contributed by atoms with E-state index in [2.05, 4.69) is 51.2 Å². The molecular weight excluding hydrogens is 546 g/mol. The predicted molar refractivity (Wildman–Crippen MR) is 166 cm³/mol. The minimum Gasteiger partial charge on any atom is -0.455 e. The smallest absolute Gasteiger partial charge is 0.326 e. The van der Waals surface area contributed by atoms with Crippen molar-refractivity contribution in [2.45, 2.75) is 90.7 Å². The van der Waals surface area contributed by atoms with Gasteiger partial charge in [0.2, 0.25) is 0 Å². The SMILES string of the molecule is Cc1c(C(=O)N2C[C@@H](O[Si](C)(C)C(C)(C)C)[C@H]2C)cn2nccc(Oc3ccc4c(c3)cc(C)n4C(=O)NC3CC3)c12. The fourth-order valence-corrected chi connectivity index (χ4v) is 6.85. The normalized spacial score (nSPS) is 19.3. The lowest BCUT2D eigenvalue weighted by Crippen LogP contribution is -2.64. The lowest BCUT2D eigenvalue weighted by Gasteiger charge is -2.50. The summed E-state index contributed by atoms with van der Waals surface area (Å²) in [6.45, 7) is 17.7. The molecule has 2 amide bonds. The van der Waals surface area contributed by atoms with Crippen molar-refractivity contribution in [3.05, 3.63) is 59.5 Å². The van der Waals surface area contributed by atoms with Crippen LogP contribution in [0.1, 0.15) is 62.2 Å². The Morgan fingerprint density at radius 3 is 2.50 bits per heavy atom. The van der Waals surface area contributed by atoms with Crippen LogP contribution in [0.25, 0.3) is 16.4 Å². The lowest BCUT2D eigenvalue weighted by atomic mass is 9.99. The van der Waals surface area contributed by atoms with Gasteiger partial charge in [-0.05, 0) is 81.6 Å². The van der Waals surface area contributed by atoms with E-state index >= 15 is 0 Å². The second kappa shape index (κ2) is 9.98. The first-order valence-corrected chi connectivity index (χ1v) is 17.7. The summed E-state index contributed by atoms with van der Waals surface area (Å²) in [6, 6.07) is 9.73. The third kappa shape index (κ3) is 4.90. The zero-order chi connectivity index (χ0) is 30.1. The maximum absolute atomic E-state index is 13.7. The number of aryl methyl sites for hydroxylation is 2. The largest absolute Gasteiger partial charge is 0.455 e. The highest BCUT2D eigenvalue weighted by molar-refractivity contribution is 6.74. The Balaban J connectivity index is 1.22. The zero-order valence-electron chi connectivity index (χ0n) is 25.8. The highest BCUT2D eigenvalue weighted by atomic mass is 28.4. The number of ether oxygens (including phenoxy) is 1. The number of amides is 2. The number of carbonyl (C=O) groups is 2. The second-order valence-corrected chi connectivity index (χ2v) is 18.2. The first kappa shape index (κ1) is 28.5. The van der Waals surface area contributed by atoms with Gasteiger partial charge in [-0.2, -0.15) is 5.10 Å². The highest BCUT2D eigenvalue weighted by Crippen LogP contribution is 2.40. The Bertz CT molecular complexity index is 1710. The van der Waals surface area contributed by atoms with Crippen LogP contribution in [-0.2, 0) is 4.43 Å². The minimum absolute atomic E-state index is 0.00608. The van der Waals surface area contributed by atoms with Crippen molar-refractivity contribution in [2.75, 3.05) is 6.54 Å². The summed E-state index contributed by atoms with van der Waals surface area (Å²) in [7, 11) is -1.92. The van der Waals surface area contributed by atoms with Gasteiger partial charge in [0.25, 0.3) is 5.91 Å². The van der Waals surface area contributed by atoms with Crippen molar-refractivity contribution in [1.29, 1.82) is 0 Å². The minimum atomic E-state index is -1.92. The summed E-state index contributed by atoms with van der Waals surface area (Å²) in [5.41, 5.74) is 3.89. The summed E-state index contributed by atoms with van der Waals surface area (Å²) in [5, 5.41) is 8.58. The van der Waals surface area contributed by atoms with E-state index in [4.69, 9.17) is 9.16 Å². The van der Waals surface area contributed by atoms with Gasteiger partial charge in [-0.15, -0.1) is 0 Å². The lowest BCUT2D eigenvalue weighted by molar-refractivity contribution is -0.0285. The van der Waals surface area contributed by atoms with Gasteiger partial charge in [-0.25, -0.2) is 9.31 Å². The molecule has 6 rings (SSSR count). The van der Waals surface area contributed by atoms with Crippen LogP contribution in [-0.4, -0.2) is 64.1 Å². The third-order valence-electron chi connectivity index (χ3n) is 9.33. The van der Waals surface area contributed by atoms with Gasteiger partial charge in [0.1, 0.15) is 11.3 Å². The second-order valence-electron chi connectivity index (χ2n) is 13.4. The molecule has 0 bridgehead atoms. The first-order chi connectivity index (χ1) is 19.7. The van der Waals surface area contributed by atoms with E-state index in [-0.39, 0.29) is 35.2 Å². The number of aromatic nitrogens is 3. The van der Waals surface area contributed by atoms with E-state index in [0.717, 1.165) is 40.5 Å². The van der Waals surface area contributed by atoms with E-state index in [9.17, 15) is 9.59 Å². The van der Waals surface area contributed by atoms with Crippen LogP contribution in [0.4, 0.5) is 4.79 Å². The van der Waals surface area contributed by atoms with Gasteiger partial charge in [-0.3, -0.25) is 9.36 Å². The van der Waals surface area contributed by atoms with Gasteiger partial charge in [-0.1, -0.05) is 20.8 Å². The third-order valence-corrected chi connectivity index (χ3v) is 13.8. The number of hydrogen-bond donors (Lipinski definition) is 1. The van der Waals surface area contributed by atoms with E-state index in [1.54, 1.807) is 21.5 Å². The number of rotatable bonds is 6. The van der Waals surface area contributed by atoms with Crippen LogP contribution < -0.4 is 10.1 Å². The van der Waals surface area contributed by atoms with Crippen LogP contribution in [0.3, 0.4) is 0 Å². The van der Waals surface area contributed by atoms with E-state index in [0.29, 0.717) is 23.6 Å². The maximum atomic E-state index is 13.7. The predicted octanol–water partition coefficient (Wildman–Crippen LogP) is 6.65. The molecule has 1 aliphatic carbocycles. The molecule has 9 nitrogen and oxygen atoms in total. The molecule has 3 aromatic heterocycles. The van der Waals surface area contributed by atoms with Gasteiger partial charge < -0.3 is 19.4 Å². The number of nitrogens with zero attached hydrogens (tertiary/aromatic N) is 4. The molecule has 1 aromatic carbocycles. The first-order valence-electron chi connectivity index (χ1n) is 14.8. The van der Waals surface area contributed by atoms with Gasteiger partial charge >= 0.3 is 6.03 Å². The average molecular weight is 588 g/mol. The molecule has 0 spiro atoms. The fraction of sp³-hybridized carbons (Fsp3) is 0.469. The summed E-state index contributed by atoms with van der Waals surface area (Å²) < 4.78 is 16.4. The van der Waals surface area contributed by atoms with Crippen LogP contribution >= 0.6 is 0 Å². The van der Waals surface area contributed by atoms with Crippen molar-refractivity contribution in [2.24, 2.45) is 0 Å². The van der Waals surface area contributed by atoms with Crippen molar-refractivity contribution in [3.63, 3.8) is 0 Å². The number of likely N-dealkylation sites (tertiary alicyclic amines) is 1. The van der Waals surface area contributed by atoms with Crippen LogP contribution in [0.15, 0.2) is 42.7 Å². The fourth-order valence-electron chi connectivity index (χ4n) is 5.47. The molecule has 1 N–H and O–H groups in total. The number of hydrogen-bond acceptors (Lipinski definition) is 5. The number of carbonyl (C=O) groups excluding carboxylic acids is 2. The van der Waals surface area contributed by atoms with Crippen molar-refractivity contribution in [1.82, 2.24) is 24.4 Å². The molecule has 0 unspecified atom stereocenters. The van der Waals surface area contributed by atoms with Crippen LogP contribution in [0, 0.1) is 13.8 Å². The Morgan fingerprint density at radius 1 is 1.10 bits per heavy atom. The molecule has 4 heterocycles. The topological polar surface area (TPSA) is 90.1 Å². The highest BCUT2D eigenvalue weighted by Gasteiger charge is 2.47. The molecule has 4 aromatic rings. The van der Waals surface area contributed by atoms with Crippen LogP contribution in [0.5, 0.6) is 11.5 Å². The van der Waals surface area contributed by atoms with Crippen molar-refractivity contribution < 1.29 is 18.8 Å². The number of benzene rings is 1. The van der Waals surface area contributed by atoms with E-state index < -0.39 is 8.32 Å².